The van der Waals surface area contributed by atoms with E-state index in [0.717, 1.165) is 26.2 Å². The maximum atomic E-state index is 11.2. The van der Waals surface area contributed by atoms with Crippen LogP contribution in [0.3, 0.4) is 0 Å². The second kappa shape index (κ2) is 6.83. The lowest BCUT2D eigenvalue weighted by molar-refractivity contribution is -0.142. The van der Waals surface area contributed by atoms with Crippen LogP contribution in [0.2, 0.25) is 0 Å². The molecule has 5 heteroatoms. The van der Waals surface area contributed by atoms with Gasteiger partial charge >= 0.3 is 5.97 Å². The number of ether oxygens (including phenoxy) is 2. The Hall–Kier alpha value is -0.650. The third-order valence-electron chi connectivity index (χ3n) is 2.73. The van der Waals surface area contributed by atoms with E-state index in [-0.39, 0.29) is 18.1 Å². The van der Waals surface area contributed by atoms with Gasteiger partial charge in [-0.2, -0.15) is 0 Å². The van der Waals surface area contributed by atoms with E-state index in [1.165, 1.54) is 7.11 Å². The first-order chi connectivity index (χ1) is 7.63. The van der Waals surface area contributed by atoms with Crippen molar-refractivity contribution in [1.29, 1.82) is 0 Å². The first-order valence-corrected chi connectivity index (χ1v) is 5.78. The average Bonchev–Trinajstić information content (AvgIpc) is 2.29. The molecule has 0 aromatic carbocycles. The minimum Gasteiger partial charge on any atom is -0.468 e. The van der Waals surface area contributed by atoms with Gasteiger partial charge in [0.25, 0.3) is 0 Å². The van der Waals surface area contributed by atoms with Crippen molar-refractivity contribution in [1.82, 2.24) is 10.6 Å². The Labute approximate surface area is 96.9 Å². The monoisotopic (exact) mass is 230 g/mol. The molecule has 0 spiro atoms. The van der Waals surface area contributed by atoms with Crippen LogP contribution >= 0.6 is 0 Å². The molecule has 0 bridgehead atoms. The van der Waals surface area contributed by atoms with Gasteiger partial charge in [-0.25, -0.2) is 0 Å². The highest BCUT2D eigenvalue weighted by atomic mass is 16.5. The van der Waals surface area contributed by atoms with Crippen molar-refractivity contribution >= 4 is 5.97 Å². The average molecular weight is 230 g/mol. The molecule has 0 aromatic rings. The van der Waals surface area contributed by atoms with Gasteiger partial charge in [-0.1, -0.05) is 0 Å². The van der Waals surface area contributed by atoms with Gasteiger partial charge < -0.3 is 20.1 Å². The standard InChI is InChI=1S/C11H22N2O3/c1-8(13-9(2)11(14)15-3)6-10-7-16-5-4-12-10/h8-10,12-13H,4-7H2,1-3H3. The molecule has 16 heavy (non-hydrogen) atoms. The Balaban J connectivity index is 2.23. The fourth-order valence-electron chi connectivity index (χ4n) is 1.94. The normalized spacial score (nSPS) is 24.8. The van der Waals surface area contributed by atoms with Crippen molar-refractivity contribution in [2.24, 2.45) is 0 Å². The lowest BCUT2D eigenvalue weighted by atomic mass is 10.1. The van der Waals surface area contributed by atoms with Crippen LogP contribution in [0, 0.1) is 0 Å². The van der Waals surface area contributed by atoms with Crippen molar-refractivity contribution in [2.45, 2.75) is 38.4 Å². The molecule has 0 amide bonds. The van der Waals surface area contributed by atoms with E-state index < -0.39 is 0 Å². The Bertz CT molecular complexity index is 217. The molecular weight excluding hydrogens is 208 g/mol. The van der Waals surface area contributed by atoms with E-state index >= 15 is 0 Å². The van der Waals surface area contributed by atoms with Crippen LogP contribution in [-0.4, -0.2) is 51.0 Å². The summed E-state index contributed by atoms with van der Waals surface area (Å²) in [4.78, 5) is 11.2. The number of rotatable bonds is 5. The molecule has 0 saturated carbocycles. The summed E-state index contributed by atoms with van der Waals surface area (Å²) < 4.78 is 10.0. The number of nitrogens with one attached hydrogen (secondary N) is 2. The molecule has 3 unspecified atom stereocenters. The lowest BCUT2D eigenvalue weighted by Gasteiger charge is -2.27. The summed E-state index contributed by atoms with van der Waals surface area (Å²) in [5.74, 6) is -0.222. The van der Waals surface area contributed by atoms with Crippen molar-refractivity contribution < 1.29 is 14.3 Å². The minimum atomic E-state index is -0.260. The predicted molar refractivity (Wildman–Crippen MR) is 61.3 cm³/mol. The van der Waals surface area contributed by atoms with Crippen molar-refractivity contribution in [3.05, 3.63) is 0 Å². The molecule has 1 aliphatic rings. The Morgan fingerprint density at radius 1 is 1.62 bits per heavy atom. The second-order valence-corrected chi connectivity index (χ2v) is 4.27. The molecule has 1 saturated heterocycles. The van der Waals surface area contributed by atoms with E-state index in [2.05, 4.69) is 22.3 Å². The summed E-state index contributed by atoms with van der Waals surface area (Å²) in [6.07, 6.45) is 0.946. The van der Waals surface area contributed by atoms with Crippen LogP contribution in [0.15, 0.2) is 0 Å². The zero-order valence-electron chi connectivity index (χ0n) is 10.3. The molecule has 0 radical (unpaired) electrons. The Kier molecular flexibility index (Phi) is 5.73. The first-order valence-electron chi connectivity index (χ1n) is 5.78. The summed E-state index contributed by atoms with van der Waals surface area (Å²) in [6, 6.07) is 0.374. The van der Waals surface area contributed by atoms with Crippen LogP contribution < -0.4 is 10.6 Å². The topological polar surface area (TPSA) is 59.6 Å². The fraction of sp³-hybridized carbons (Fsp3) is 0.909. The zero-order valence-corrected chi connectivity index (χ0v) is 10.3. The quantitative estimate of drug-likeness (QED) is 0.646. The number of esters is 1. The van der Waals surface area contributed by atoms with Crippen molar-refractivity contribution in [3.63, 3.8) is 0 Å². The van der Waals surface area contributed by atoms with Gasteiger partial charge in [0.1, 0.15) is 6.04 Å². The molecule has 1 aliphatic heterocycles. The molecule has 1 rings (SSSR count). The van der Waals surface area contributed by atoms with E-state index in [1.807, 2.05) is 6.92 Å². The fourth-order valence-corrected chi connectivity index (χ4v) is 1.94. The third-order valence-corrected chi connectivity index (χ3v) is 2.73. The number of hydrogen-bond acceptors (Lipinski definition) is 5. The molecule has 1 fully saturated rings. The predicted octanol–water partition coefficient (Wildman–Crippen LogP) is -0.0955. The molecule has 2 N–H and O–H groups in total. The molecule has 1 heterocycles. The summed E-state index contributed by atoms with van der Waals surface area (Å²) in [7, 11) is 1.40. The maximum Gasteiger partial charge on any atom is 0.322 e. The van der Waals surface area contributed by atoms with Gasteiger partial charge in [0.2, 0.25) is 0 Å². The van der Waals surface area contributed by atoms with Crippen LogP contribution in [0.1, 0.15) is 20.3 Å². The van der Waals surface area contributed by atoms with E-state index in [4.69, 9.17) is 4.74 Å². The molecule has 0 aliphatic carbocycles. The van der Waals surface area contributed by atoms with Crippen molar-refractivity contribution in [2.75, 3.05) is 26.9 Å². The highest BCUT2D eigenvalue weighted by Gasteiger charge is 2.20. The van der Waals surface area contributed by atoms with Crippen LogP contribution in [0.5, 0.6) is 0 Å². The van der Waals surface area contributed by atoms with Gasteiger partial charge in [-0.05, 0) is 20.3 Å². The van der Waals surface area contributed by atoms with E-state index in [9.17, 15) is 4.79 Å². The maximum absolute atomic E-state index is 11.2. The Morgan fingerprint density at radius 2 is 2.38 bits per heavy atom. The molecule has 94 valence electrons. The second-order valence-electron chi connectivity index (χ2n) is 4.27. The largest absolute Gasteiger partial charge is 0.468 e. The summed E-state index contributed by atoms with van der Waals surface area (Å²) in [5, 5.41) is 6.59. The third kappa shape index (κ3) is 4.47. The van der Waals surface area contributed by atoms with Crippen LogP contribution in [0.4, 0.5) is 0 Å². The first kappa shape index (κ1) is 13.4. The number of hydrogen-bond donors (Lipinski definition) is 2. The summed E-state index contributed by atoms with van der Waals surface area (Å²) in [6.45, 7) is 6.32. The zero-order chi connectivity index (χ0) is 12.0. The van der Waals surface area contributed by atoms with Gasteiger partial charge in [-0.3, -0.25) is 4.79 Å². The smallest absolute Gasteiger partial charge is 0.322 e. The minimum absolute atomic E-state index is 0.222. The van der Waals surface area contributed by atoms with Gasteiger partial charge in [0, 0.05) is 18.6 Å². The van der Waals surface area contributed by atoms with Crippen LogP contribution in [-0.2, 0) is 14.3 Å². The van der Waals surface area contributed by atoms with E-state index in [0.29, 0.717) is 6.04 Å². The van der Waals surface area contributed by atoms with E-state index in [1.54, 1.807) is 0 Å². The van der Waals surface area contributed by atoms with Gasteiger partial charge in [-0.15, -0.1) is 0 Å². The highest BCUT2D eigenvalue weighted by molar-refractivity contribution is 5.75. The van der Waals surface area contributed by atoms with Crippen molar-refractivity contribution in [3.8, 4) is 0 Å². The Morgan fingerprint density at radius 3 is 2.94 bits per heavy atom. The lowest BCUT2D eigenvalue weighted by Crippen LogP contribution is -2.47. The summed E-state index contributed by atoms with van der Waals surface area (Å²) >= 11 is 0. The SMILES string of the molecule is COC(=O)C(C)NC(C)CC1COCCN1. The number of methoxy groups -OCH3 is 1. The summed E-state index contributed by atoms with van der Waals surface area (Å²) in [5.41, 5.74) is 0. The molecule has 5 nitrogen and oxygen atoms in total. The van der Waals surface area contributed by atoms with Gasteiger partial charge in [0.15, 0.2) is 0 Å². The van der Waals surface area contributed by atoms with Gasteiger partial charge in [0.05, 0.1) is 20.3 Å². The number of morpholine rings is 1. The number of carbonyl (C=O) groups is 1. The number of carbonyl (C=O) groups excluding carboxylic acids is 1. The highest BCUT2D eigenvalue weighted by Crippen LogP contribution is 2.03. The molecule has 0 aromatic heterocycles. The van der Waals surface area contributed by atoms with Crippen LogP contribution in [0.25, 0.3) is 0 Å². The molecular formula is C11H22N2O3. The molecule has 3 atom stereocenters.